The van der Waals surface area contributed by atoms with E-state index in [0.29, 0.717) is 0 Å². The van der Waals surface area contributed by atoms with Crippen LogP contribution in [0.2, 0.25) is 0 Å². The Morgan fingerprint density at radius 1 is 1.40 bits per heavy atom. The van der Waals surface area contributed by atoms with Crippen LogP contribution in [0.3, 0.4) is 0 Å². The number of carbonyl (C=O) groups is 1. The van der Waals surface area contributed by atoms with Crippen molar-refractivity contribution in [1.29, 1.82) is 0 Å². The fraction of sp³-hybridized carbons (Fsp3) is 0.533. The van der Waals surface area contributed by atoms with Crippen LogP contribution in [-0.2, 0) is 4.79 Å². The Kier molecular flexibility index (Phi) is 6.45. The van der Waals surface area contributed by atoms with Crippen molar-refractivity contribution in [2.75, 3.05) is 6.61 Å². The van der Waals surface area contributed by atoms with Crippen molar-refractivity contribution >= 4 is 5.91 Å². The Hall–Kier alpha value is -1.62. The lowest BCUT2D eigenvalue weighted by Gasteiger charge is -2.15. The van der Waals surface area contributed by atoms with Crippen molar-refractivity contribution in [2.45, 2.75) is 45.8 Å². The second-order valence-electron chi connectivity index (χ2n) is 4.73. The van der Waals surface area contributed by atoms with Gasteiger partial charge in [0.25, 0.3) is 5.91 Å². The summed E-state index contributed by atoms with van der Waals surface area (Å²) in [6.07, 6.45) is 0.849. The van der Waals surface area contributed by atoms with E-state index in [1.54, 1.807) is 0 Å². The number of rotatable bonds is 7. The molecule has 1 aromatic carbocycles. The first-order valence-electron chi connectivity index (χ1n) is 6.87. The van der Waals surface area contributed by atoms with Crippen molar-refractivity contribution in [1.82, 2.24) is 5.32 Å². The summed E-state index contributed by atoms with van der Waals surface area (Å²) in [5.41, 5.74) is 0.207. The lowest BCUT2D eigenvalue weighted by atomic mass is 10.1. The molecule has 4 nitrogen and oxygen atoms in total. The fourth-order valence-electron chi connectivity index (χ4n) is 1.85. The summed E-state index contributed by atoms with van der Waals surface area (Å²) in [5.74, 6) is -0.497. The van der Waals surface area contributed by atoms with Crippen LogP contribution in [0.4, 0.5) is 4.39 Å². The van der Waals surface area contributed by atoms with Gasteiger partial charge in [-0.2, -0.15) is 0 Å². The zero-order valence-corrected chi connectivity index (χ0v) is 12.1. The first-order valence-corrected chi connectivity index (χ1v) is 6.87. The van der Waals surface area contributed by atoms with Gasteiger partial charge in [-0.3, -0.25) is 4.79 Å². The predicted molar refractivity (Wildman–Crippen MR) is 75.0 cm³/mol. The van der Waals surface area contributed by atoms with E-state index >= 15 is 0 Å². The first kappa shape index (κ1) is 16.4. The second-order valence-corrected chi connectivity index (χ2v) is 4.73. The largest absolute Gasteiger partial charge is 0.484 e. The molecule has 1 rings (SSSR count). The number of nitrogens with one attached hydrogen (secondary N) is 1. The highest BCUT2D eigenvalue weighted by Gasteiger charge is 2.11. The molecule has 0 fully saturated rings. The molecule has 1 atom stereocenters. The highest BCUT2D eigenvalue weighted by Crippen LogP contribution is 2.21. The van der Waals surface area contributed by atoms with E-state index in [9.17, 15) is 14.3 Å². The average molecular weight is 283 g/mol. The SMILES string of the molecule is CCC(CC)NC(=O)COc1ccc([C@@H](C)O)c(F)c1. The van der Waals surface area contributed by atoms with Crippen LogP contribution in [0, 0.1) is 5.82 Å². The van der Waals surface area contributed by atoms with Crippen molar-refractivity contribution in [3.63, 3.8) is 0 Å². The molecule has 0 aliphatic rings. The summed E-state index contributed by atoms with van der Waals surface area (Å²) >= 11 is 0. The smallest absolute Gasteiger partial charge is 0.258 e. The maximum Gasteiger partial charge on any atom is 0.258 e. The predicted octanol–water partition coefficient (Wildman–Crippen LogP) is 2.56. The number of benzene rings is 1. The summed E-state index contributed by atoms with van der Waals surface area (Å²) in [6, 6.07) is 4.30. The Morgan fingerprint density at radius 3 is 2.55 bits per heavy atom. The number of ether oxygens (including phenoxy) is 1. The summed E-state index contributed by atoms with van der Waals surface area (Å²) < 4.78 is 18.8. The molecule has 112 valence electrons. The topological polar surface area (TPSA) is 58.6 Å². The quantitative estimate of drug-likeness (QED) is 0.808. The maximum atomic E-state index is 13.6. The van der Waals surface area contributed by atoms with Gasteiger partial charge in [-0.25, -0.2) is 4.39 Å². The van der Waals surface area contributed by atoms with Gasteiger partial charge in [0.15, 0.2) is 6.61 Å². The normalized spacial score (nSPS) is 12.3. The average Bonchev–Trinajstić information content (AvgIpc) is 2.42. The number of aliphatic hydroxyl groups is 1. The van der Waals surface area contributed by atoms with Crippen molar-refractivity contribution in [3.8, 4) is 5.75 Å². The molecular weight excluding hydrogens is 261 g/mol. The molecule has 0 heterocycles. The van der Waals surface area contributed by atoms with Crippen LogP contribution in [0.5, 0.6) is 5.75 Å². The molecular formula is C15H22FNO3. The van der Waals surface area contributed by atoms with Crippen molar-refractivity contribution in [2.24, 2.45) is 0 Å². The number of hydrogen-bond acceptors (Lipinski definition) is 3. The van der Waals surface area contributed by atoms with E-state index in [1.807, 2.05) is 13.8 Å². The minimum absolute atomic E-state index is 0.139. The summed E-state index contributed by atoms with van der Waals surface area (Å²) in [5, 5.41) is 12.2. The lowest BCUT2D eigenvalue weighted by molar-refractivity contribution is -0.123. The fourth-order valence-corrected chi connectivity index (χ4v) is 1.85. The van der Waals surface area contributed by atoms with E-state index in [-0.39, 0.29) is 29.9 Å². The van der Waals surface area contributed by atoms with E-state index in [4.69, 9.17) is 4.74 Å². The molecule has 0 aromatic heterocycles. The number of aliphatic hydroxyl groups excluding tert-OH is 1. The zero-order chi connectivity index (χ0) is 15.1. The Morgan fingerprint density at radius 2 is 2.05 bits per heavy atom. The minimum atomic E-state index is -0.873. The Bertz CT molecular complexity index is 445. The number of halogens is 1. The highest BCUT2D eigenvalue weighted by molar-refractivity contribution is 5.77. The molecule has 20 heavy (non-hydrogen) atoms. The van der Waals surface area contributed by atoms with Crippen molar-refractivity contribution < 1.29 is 19.0 Å². The van der Waals surface area contributed by atoms with E-state index in [1.165, 1.54) is 25.1 Å². The Labute approximate surface area is 119 Å². The standard InChI is InChI=1S/C15H22FNO3/c1-4-11(5-2)17-15(19)9-20-12-6-7-13(10(3)18)14(16)8-12/h6-8,10-11,18H,4-5,9H2,1-3H3,(H,17,19)/t10-/m1/s1. The molecule has 0 aliphatic heterocycles. The minimum Gasteiger partial charge on any atom is -0.484 e. The highest BCUT2D eigenvalue weighted by atomic mass is 19.1. The maximum absolute atomic E-state index is 13.6. The molecule has 0 radical (unpaired) electrons. The van der Waals surface area contributed by atoms with Gasteiger partial charge in [0.05, 0.1) is 6.10 Å². The van der Waals surface area contributed by atoms with E-state index in [2.05, 4.69) is 5.32 Å². The van der Waals surface area contributed by atoms with Crippen LogP contribution < -0.4 is 10.1 Å². The number of amides is 1. The molecule has 0 saturated carbocycles. The van der Waals surface area contributed by atoms with Gasteiger partial charge in [0, 0.05) is 17.7 Å². The summed E-state index contributed by atoms with van der Waals surface area (Å²) in [4.78, 5) is 11.6. The number of hydrogen-bond donors (Lipinski definition) is 2. The monoisotopic (exact) mass is 283 g/mol. The molecule has 0 saturated heterocycles. The van der Waals surface area contributed by atoms with Crippen LogP contribution in [-0.4, -0.2) is 23.7 Å². The summed E-state index contributed by atoms with van der Waals surface area (Å²) in [7, 11) is 0. The van der Waals surface area contributed by atoms with Crippen LogP contribution in [0.15, 0.2) is 18.2 Å². The van der Waals surface area contributed by atoms with Crippen LogP contribution in [0.25, 0.3) is 0 Å². The molecule has 5 heteroatoms. The van der Waals surface area contributed by atoms with Gasteiger partial charge < -0.3 is 15.2 Å². The van der Waals surface area contributed by atoms with Gasteiger partial charge in [0.1, 0.15) is 11.6 Å². The molecule has 0 aliphatic carbocycles. The van der Waals surface area contributed by atoms with Crippen LogP contribution >= 0.6 is 0 Å². The molecule has 1 aromatic rings. The Balaban J connectivity index is 2.53. The molecule has 1 amide bonds. The third-order valence-corrected chi connectivity index (χ3v) is 3.14. The van der Waals surface area contributed by atoms with Gasteiger partial charge >= 0.3 is 0 Å². The second kappa shape index (κ2) is 7.85. The van der Waals surface area contributed by atoms with Gasteiger partial charge in [-0.15, -0.1) is 0 Å². The molecule has 2 N–H and O–H groups in total. The molecule has 0 unspecified atom stereocenters. The summed E-state index contributed by atoms with van der Waals surface area (Å²) in [6.45, 7) is 5.34. The first-order chi connectivity index (χ1) is 9.47. The van der Waals surface area contributed by atoms with E-state index in [0.717, 1.165) is 12.8 Å². The lowest BCUT2D eigenvalue weighted by Crippen LogP contribution is -2.37. The number of carbonyl (C=O) groups excluding carboxylic acids is 1. The van der Waals surface area contributed by atoms with E-state index < -0.39 is 11.9 Å². The van der Waals surface area contributed by atoms with Gasteiger partial charge in [0.2, 0.25) is 0 Å². The van der Waals surface area contributed by atoms with Gasteiger partial charge in [-0.1, -0.05) is 13.8 Å². The van der Waals surface area contributed by atoms with Crippen molar-refractivity contribution in [3.05, 3.63) is 29.6 Å². The zero-order valence-electron chi connectivity index (χ0n) is 12.1. The molecule has 0 spiro atoms. The van der Waals surface area contributed by atoms with Crippen LogP contribution in [0.1, 0.15) is 45.3 Å². The molecule has 0 bridgehead atoms. The van der Waals surface area contributed by atoms with Gasteiger partial charge in [-0.05, 0) is 31.9 Å². The third-order valence-electron chi connectivity index (χ3n) is 3.14. The third kappa shape index (κ3) is 4.81.